The van der Waals surface area contributed by atoms with Crippen molar-refractivity contribution in [3.63, 3.8) is 0 Å². The molecule has 0 unspecified atom stereocenters. The van der Waals surface area contributed by atoms with Gasteiger partial charge in [-0.1, -0.05) is 0 Å². The smallest absolute Gasteiger partial charge is 0.0399 e. The summed E-state index contributed by atoms with van der Waals surface area (Å²) in [5, 5.41) is 0. The SMILES string of the molecule is C[P+](F)(Br)Br. The molecule has 0 bridgehead atoms. The molecule has 0 amide bonds. The summed E-state index contributed by atoms with van der Waals surface area (Å²) in [7, 11) is 0. The Morgan fingerprint density at radius 2 is 1.60 bits per heavy atom. The number of hydrogen-bond donors (Lipinski definition) is 0. The van der Waals surface area contributed by atoms with Crippen molar-refractivity contribution < 1.29 is 4.20 Å². The van der Waals surface area contributed by atoms with Gasteiger partial charge in [-0.15, -0.1) is 0 Å². The van der Waals surface area contributed by atoms with E-state index >= 15 is 0 Å². The zero-order valence-corrected chi connectivity index (χ0v) is 6.65. The Bertz CT molecular complexity index is 25.1. The minimum Gasteiger partial charge on any atom is -0.0399 e. The van der Waals surface area contributed by atoms with Crippen molar-refractivity contribution in [3.05, 3.63) is 0 Å². The third-order valence-corrected chi connectivity index (χ3v) is 0. The molecule has 0 N–H and O–H groups in total. The molecule has 0 aliphatic heterocycles. The average Bonchev–Trinajstić information content (AvgIpc) is 0.722. The Morgan fingerprint density at radius 1 is 1.60 bits per heavy atom. The van der Waals surface area contributed by atoms with Crippen LogP contribution in [0.25, 0.3) is 0 Å². The Kier molecular flexibility index (Phi) is 2.34. The monoisotopic (exact) mass is 223 g/mol. The predicted octanol–water partition coefficient (Wildman–Crippen LogP) is 3.14. The van der Waals surface area contributed by atoms with Gasteiger partial charge in [0.1, 0.15) is 6.66 Å². The van der Waals surface area contributed by atoms with E-state index in [-0.39, 0.29) is 0 Å². The van der Waals surface area contributed by atoms with Crippen LogP contribution in [0.15, 0.2) is 0 Å². The van der Waals surface area contributed by atoms with E-state index in [4.69, 9.17) is 0 Å². The van der Waals surface area contributed by atoms with E-state index in [1.807, 2.05) is 0 Å². The second-order valence-electron chi connectivity index (χ2n) is 0.699. The molecule has 32 valence electrons. The molecule has 0 aliphatic rings. The quantitative estimate of drug-likeness (QED) is 0.555. The van der Waals surface area contributed by atoms with Gasteiger partial charge in [-0.2, -0.15) is 0 Å². The Labute approximate surface area is 47.1 Å². The van der Waals surface area contributed by atoms with E-state index in [2.05, 4.69) is 31.0 Å². The largest absolute Gasteiger partial charge is 0.334 e. The Balaban J connectivity index is 3.02. The molecule has 0 heterocycles. The molecule has 0 fully saturated rings. The molecule has 0 saturated carbocycles. The summed E-state index contributed by atoms with van der Waals surface area (Å²) >= 11 is 5.47. The predicted molar refractivity (Wildman–Crippen MR) is 31.8 cm³/mol. The van der Waals surface area contributed by atoms with Crippen LogP contribution in [-0.4, -0.2) is 6.66 Å². The van der Waals surface area contributed by atoms with E-state index in [0.29, 0.717) is 0 Å². The zero-order valence-electron chi connectivity index (χ0n) is 2.58. The van der Waals surface area contributed by atoms with Gasteiger partial charge in [0.2, 0.25) is 0 Å². The lowest BCUT2D eigenvalue weighted by atomic mass is 12.0. The van der Waals surface area contributed by atoms with E-state index in [9.17, 15) is 4.20 Å². The fourth-order valence-corrected chi connectivity index (χ4v) is 0. The number of halogens is 3. The van der Waals surface area contributed by atoms with E-state index in [1.54, 1.807) is 0 Å². The summed E-state index contributed by atoms with van der Waals surface area (Å²) in [6, 6.07) is 0. The molecule has 0 saturated heterocycles. The minimum atomic E-state index is -2.26. The van der Waals surface area contributed by atoms with Gasteiger partial charge in [-0.25, -0.2) is 0 Å². The van der Waals surface area contributed by atoms with Gasteiger partial charge in [0.15, 0.2) is 31.0 Å². The highest BCUT2D eigenvalue weighted by Crippen LogP contribution is 2.71. The molecule has 0 atom stereocenters. The Morgan fingerprint density at radius 3 is 1.60 bits per heavy atom. The maximum atomic E-state index is 11.6. The van der Waals surface area contributed by atoms with Gasteiger partial charge < -0.3 is 0 Å². The average molecular weight is 225 g/mol. The van der Waals surface area contributed by atoms with Crippen LogP contribution < -0.4 is 0 Å². The van der Waals surface area contributed by atoms with Gasteiger partial charge in [-0.05, 0) is 4.20 Å². The molecule has 0 radical (unpaired) electrons. The summed E-state index contributed by atoms with van der Waals surface area (Å²) in [4.78, 5) is -2.26. The van der Waals surface area contributed by atoms with E-state index < -0.39 is 4.98 Å². The van der Waals surface area contributed by atoms with Crippen LogP contribution in [0, 0.1) is 0 Å². The first kappa shape index (κ1) is 6.32. The number of hydrogen-bond acceptors (Lipinski definition) is 0. The molecule has 0 aromatic rings. The zero-order chi connectivity index (χ0) is 4.50. The molecular formula is CH3Br2FP+. The van der Waals surface area contributed by atoms with E-state index in [1.165, 1.54) is 6.66 Å². The van der Waals surface area contributed by atoms with Gasteiger partial charge >= 0.3 is 4.98 Å². The lowest BCUT2D eigenvalue weighted by molar-refractivity contribution is 0.916. The summed E-state index contributed by atoms with van der Waals surface area (Å²) in [6.07, 6.45) is 0. The van der Waals surface area contributed by atoms with Gasteiger partial charge in [0.05, 0.1) is 0 Å². The molecule has 0 aliphatic carbocycles. The van der Waals surface area contributed by atoms with Crippen molar-refractivity contribution in [3.8, 4) is 0 Å². The van der Waals surface area contributed by atoms with Crippen molar-refractivity contribution in [1.82, 2.24) is 0 Å². The molecule has 5 heavy (non-hydrogen) atoms. The lowest BCUT2D eigenvalue weighted by Crippen LogP contribution is -1.40. The van der Waals surface area contributed by atoms with Gasteiger partial charge in [0, 0.05) is 0 Å². The van der Waals surface area contributed by atoms with Gasteiger partial charge in [0.25, 0.3) is 0 Å². The molecule has 0 nitrogen and oxygen atoms in total. The molecule has 0 aromatic carbocycles. The van der Waals surface area contributed by atoms with Crippen LogP contribution in [-0.2, 0) is 0 Å². The van der Waals surface area contributed by atoms with Crippen LogP contribution in [0.4, 0.5) is 4.20 Å². The lowest BCUT2D eigenvalue weighted by Gasteiger charge is -1.78. The Hall–Kier alpha value is 1.32. The molecule has 4 heteroatoms. The fourth-order valence-electron chi connectivity index (χ4n) is 0. The topological polar surface area (TPSA) is 0 Å². The van der Waals surface area contributed by atoms with Crippen LogP contribution in [0.5, 0.6) is 0 Å². The fraction of sp³-hybridized carbons (Fsp3) is 1.00. The number of rotatable bonds is 0. The third-order valence-electron chi connectivity index (χ3n) is 0. The summed E-state index contributed by atoms with van der Waals surface area (Å²) in [5.74, 6) is 0. The van der Waals surface area contributed by atoms with Crippen LogP contribution in [0.1, 0.15) is 0 Å². The summed E-state index contributed by atoms with van der Waals surface area (Å²) < 4.78 is 11.6. The highest BCUT2D eigenvalue weighted by molar-refractivity contribution is 9.72. The van der Waals surface area contributed by atoms with Crippen molar-refractivity contribution >= 4 is 36.0 Å². The summed E-state index contributed by atoms with van der Waals surface area (Å²) in [6.45, 7) is 1.47. The normalized spacial score (nSPS) is 12.0. The van der Waals surface area contributed by atoms with Gasteiger partial charge in [-0.3, -0.25) is 0 Å². The molecule has 0 spiro atoms. The van der Waals surface area contributed by atoms with Crippen LogP contribution >= 0.6 is 36.0 Å². The third kappa shape index (κ3) is 33.7. The van der Waals surface area contributed by atoms with Crippen LogP contribution in [0.3, 0.4) is 0 Å². The van der Waals surface area contributed by atoms with E-state index in [0.717, 1.165) is 0 Å². The summed E-state index contributed by atoms with van der Waals surface area (Å²) in [5.41, 5.74) is 0. The first-order valence-corrected chi connectivity index (χ1v) is 7.12. The second-order valence-corrected chi connectivity index (χ2v) is 12.9. The first-order valence-electron chi connectivity index (χ1n) is 0.954. The first-order chi connectivity index (χ1) is 2.00. The van der Waals surface area contributed by atoms with Crippen molar-refractivity contribution in [2.45, 2.75) is 0 Å². The molecule has 0 aromatic heterocycles. The highest BCUT2D eigenvalue weighted by atomic mass is 79.9. The maximum absolute atomic E-state index is 11.6. The minimum absolute atomic E-state index is 1.47. The molecule has 0 rings (SSSR count). The maximum Gasteiger partial charge on any atom is 0.334 e. The van der Waals surface area contributed by atoms with Crippen molar-refractivity contribution in [1.29, 1.82) is 0 Å². The standard InChI is InChI=1S/CH3Br2FP/c1-5(2,3)4/h1H3/q+1. The van der Waals surface area contributed by atoms with Crippen molar-refractivity contribution in [2.24, 2.45) is 0 Å². The van der Waals surface area contributed by atoms with Crippen LogP contribution in [0.2, 0.25) is 0 Å². The molecular weight excluding hydrogens is 222 g/mol. The second kappa shape index (κ2) is 1.85. The van der Waals surface area contributed by atoms with Crippen molar-refractivity contribution in [2.75, 3.05) is 6.66 Å². The highest BCUT2D eigenvalue weighted by Gasteiger charge is 2.23.